The minimum atomic E-state index is -0.425. The first kappa shape index (κ1) is 16.3. The third-order valence-corrected chi connectivity index (χ3v) is 4.01. The topological polar surface area (TPSA) is 88.1 Å². The number of anilines is 1. The number of hydrogen-bond donors (Lipinski definition) is 0. The zero-order valence-corrected chi connectivity index (χ0v) is 13.8. The van der Waals surface area contributed by atoms with Gasteiger partial charge in [0.25, 0.3) is 0 Å². The third kappa shape index (κ3) is 3.66. The number of carbonyl (C=O) groups is 2. The summed E-state index contributed by atoms with van der Waals surface area (Å²) in [5.41, 5.74) is 0. The zero-order valence-electron chi connectivity index (χ0n) is 13.8. The molecular formula is C15H21N5O4. The van der Waals surface area contributed by atoms with Gasteiger partial charge in [0.1, 0.15) is 19.3 Å². The van der Waals surface area contributed by atoms with Crippen LogP contribution in [0.2, 0.25) is 0 Å². The maximum Gasteiger partial charge on any atom is 0.410 e. The maximum atomic E-state index is 12.3. The summed E-state index contributed by atoms with van der Waals surface area (Å²) in [5.74, 6) is 1.07. The van der Waals surface area contributed by atoms with Gasteiger partial charge in [0.15, 0.2) is 5.82 Å². The van der Waals surface area contributed by atoms with Crippen LogP contribution < -0.4 is 9.64 Å². The van der Waals surface area contributed by atoms with Crippen LogP contribution in [-0.2, 0) is 9.53 Å². The summed E-state index contributed by atoms with van der Waals surface area (Å²) in [6.07, 6.45) is 3.41. The second kappa shape index (κ2) is 6.90. The summed E-state index contributed by atoms with van der Waals surface area (Å²) in [6, 6.07) is 0. The lowest BCUT2D eigenvalue weighted by atomic mass is 10.3. The molecule has 0 aromatic carbocycles. The first-order valence-electron chi connectivity index (χ1n) is 7.88. The first-order valence-corrected chi connectivity index (χ1v) is 7.88. The Hall–Kier alpha value is -2.58. The van der Waals surface area contributed by atoms with Crippen molar-refractivity contribution in [2.75, 3.05) is 51.8 Å². The van der Waals surface area contributed by atoms with Crippen molar-refractivity contribution in [3.05, 3.63) is 12.4 Å². The molecular weight excluding hydrogens is 314 g/mol. The number of aromatic nitrogens is 2. The Balaban J connectivity index is 1.52. The van der Waals surface area contributed by atoms with Gasteiger partial charge in [0, 0.05) is 27.1 Å². The first-order chi connectivity index (χ1) is 11.5. The van der Waals surface area contributed by atoms with Gasteiger partial charge in [-0.3, -0.25) is 14.7 Å². The van der Waals surface area contributed by atoms with Gasteiger partial charge in [-0.2, -0.15) is 4.98 Å². The molecule has 2 saturated heterocycles. The Morgan fingerprint density at radius 3 is 2.96 bits per heavy atom. The largest absolute Gasteiger partial charge is 0.471 e. The average Bonchev–Trinajstić information content (AvgIpc) is 3.17. The van der Waals surface area contributed by atoms with Crippen molar-refractivity contribution >= 4 is 17.8 Å². The van der Waals surface area contributed by atoms with Crippen molar-refractivity contribution in [3.63, 3.8) is 0 Å². The Kier molecular flexibility index (Phi) is 4.68. The monoisotopic (exact) mass is 335 g/mol. The molecule has 1 atom stereocenters. The van der Waals surface area contributed by atoms with Gasteiger partial charge in [-0.05, 0) is 0 Å². The molecule has 0 aliphatic carbocycles. The van der Waals surface area contributed by atoms with Gasteiger partial charge < -0.3 is 19.3 Å². The van der Waals surface area contributed by atoms with E-state index in [9.17, 15) is 9.59 Å². The van der Waals surface area contributed by atoms with Crippen LogP contribution in [0, 0.1) is 0 Å². The van der Waals surface area contributed by atoms with Crippen molar-refractivity contribution in [2.24, 2.45) is 0 Å². The van der Waals surface area contributed by atoms with Gasteiger partial charge in [0.05, 0.1) is 25.5 Å². The number of carbonyl (C=O) groups excluding carboxylic acids is 2. The number of ether oxygens (including phenoxy) is 2. The van der Waals surface area contributed by atoms with Crippen LogP contribution >= 0.6 is 0 Å². The maximum absolute atomic E-state index is 12.3. The number of likely N-dealkylation sites (tertiary alicyclic amines) is 1. The lowest BCUT2D eigenvalue weighted by Gasteiger charge is -2.20. The number of cyclic esters (lactones) is 1. The summed E-state index contributed by atoms with van der Waals surface area (Å²) >= 11 is 0. The lowest BCUT2D eigenvalue weighted by molar-refractivity contribution is -0.130. The van der Waals surface area contributed by atoms with E-state index in [1.54, 1.807) is 17.3 Å². The Morgan fingerprint density at radius 2 is 2.25 bits per heavy atom. The molecule has 9 nitrogen and oxygen atoms in total. The third-order valence-electron chi connectivity index (χ3n) is 4.01. The number of amides is 2. The van der Waals surface area contributed by atoms with Crippen molar-refractivity contribution in [1.29, 1.82) is 0 Å². The van der Waals surface area contributed by atoms with E-state index in [-0.39, 0.29) is 18.6 Å². The van der Waals surface area contributed by atoms with Gasteiger partial charge in [-0.15, -0.1) is 0 Å². The highest BCUT2D eigenvalue weighted by molar-refractivity contribution is 5.83. The number of rotatable bonds is 5. The van der Waals surface area contributed by atoms with Crippen LogP contribution in [-0.4, -0.2) is 84.8 Å². The molecule has 0 N–H and O–H groups in total. The number of hydrogen-bond acceptors (Lipinski definition) is 7. The van der Waals surface area contributed by atoms with Crippen molar-refractivity contribution in [3.8, 4) is 5.88 Å². The molecule has 2 aliphatic rings. The van der Waals surface area contributed by atoms with Crippen LogP contribution in [0.3, 0.4) is 0 Å². The summed E-state index contributed by atoms with van der Waals surface area (Å²) < 4.78 is 10.7. The van der Waals surface area contributed by atoms with Crippen LogP contribution in [0.4, 0.5) is 10.6 Å². The van der Waals surface area contributed by atoms with Crippen LogP contribution in [0.1, 0.15) is 6.42 Å². The number of nitrogens with zero attached hydrogens (tertiary/aromatic N) is 5. The second-order valence-corrected chi connectivity index (χ2v) is 6.01. The molecule has 130 valence electrons. The van der Waals surface area contributed by atoms with Crippen molar-refractivity contribution in [1.82, 2.24) is 19.8 Å². The average molecular weight is 335 g/mol. The molecule has 0 spiro atoms. The summed E-state index contributed by atoms with van der Waals surface area (Å²) in [4.78, 5) is 37.1. The molecule has 2 aliphatic heterocycles. The smallest absolute Gasteiger partial charge is 0.410 e. The van der Waals surface area contributed by atoms with Crippen molar-refractivity contribution < 1.29 is 19.1 Å². The molecule has 1 aromatic rings. The molecule has 1 aromatic heterocycles. The lowest BCUT2D eigenvalue weighted by Crippen LogP contribution is -2.40. The van der Waals surface area contributed by atoms with E-state index in [0.29, 0.717) is 37.9 Å². The zero-order chi connectivity index (χ0) is 17.1. The Bertz CT molecular complexity index is 624. The molecule has 2 fully saturated rings. The van der Waals surface area contributed by atoms with E-state index >= 15 is 0 Å². The fourth-order valence-electron chi connectivity index (χ4n) is 2.66. The standard InChI is InChI=1S/C15H21N5O4/c1-18(2)12-7-16-8-13(17-12)24-11-3-4-19(9-11)14(21)10-20-5-6-23-15(20)22/h7-8,11H,3-6,9-10H2,1-2H3. The van der Waals surface area contributed by atoms with E-state index in [2.05, 4.69) is 9.97 Å². The van der Waals surface area contributed by atoms with Gasteiger partial charge in [0.2, 0.25) is 11.8 Å². The van der Waals surface area contributed by atoms with E-state index in [0.717, 1.165) is 6.42 Å². The summed E-state index contributed by atoms with van der Waals surface area (Å²) in [6.45, 7) is 1.95. The molecule has 1 unspecified atom stereocenters. The molecule has 9 heteroatoms. The summed E-state index contributed by atoms with van der Waals surface area (Å²) in [7, 11) is 3.76. The van der Waals surface area contributed by atoms with Gasteiger partial charge in [-0.1, -0.05) is 0 Å². The quantitative estimate of drug-likeness (QED) is 0.747. The normalized spacial score (nSPS) is 20.2. The van der Waals surface area contributed by atoms with E-state index in [1.165, 1.54) is 4.90 Å². The van der Waals surface area contributed by atoms with Crippen molar-refractivity contribution in [2.45, 2.75) is 12.5 Å². The Morgan fingerprint density at radius 1 is 1.42 bits per heavy atom. The predicted molar refractivity (Wildman–Crippen MR) is 84.9 cm³/mol. The summed E-state index contributed by atoms with van der Waals surface area (Å²) in [5, 5.41) is 0. The highest BCUT2D eigenvalue weighted by atomic mass is 16.6. The highest BCUT2D eigenvalue weighted by Gasteiger charge is 2.31. The van der Waals surface area contributed by atoms with E-state index in [4.69, 9.17) is 9.47 Å². The molecule has 0 radical (unpaired) electrons. The SMILES string of the molecule is CN(C)c1cncc(OC2CCN(C(=O)CN3CCOC3=O)C2)n1. The Labute approximate surface area is 140 Å². The van der Waals surface area contributed by atoms with Gasteiger partial charge in [-0.25, -0.2) is 4.79 Å². The fourth-order valence-corrected chi connectivity index (χ4v) is 2.66. The molecule has 2 amide bonds. The second-order valence-electron chi connectivity index (χ2n) is 6.01. The molecule has 3 rings (SSSR count). The van der Waals surface area contributed by atoms with Crippen LogP contribution in [0.15, 0.2) is 12.4 Å². The van der Waals surface area contributed by atoms with E-state index in [1.807, 2.05) is 19.0 Å². The minimum absolute atomic E-state index is 0.0570. The fraction of sp³-hybridized carbons (Fsp3) is 0.600. The van der Waals surface area contributed by atoms with Gasteiger partial charge >= 0.3 is 6.09 Å². The molecule has 0 bridgehead atoms. The highest BCUT2D eigenvalue weighted by Crippen LogP contribution is 2.18. The van der Waals surface area contributed by atoms with Crippen LogP contribution in [0.25, 0.3) is 0 Å². The van der Waals surface area contributed by atoms with E-state index < -0.39 is 6.09 Å². The molecule has 3 heterocycles. The molecule has 0 saturated carbocycles. The minimum Gasteiger partial charge on any atom is -0.471 e. The van der Waals surface area contributed by atoms with Crippen LogP contribution in [0.5, 0.6) is 5.88 Å². The molecule has 24 heavy (non-hydrogen) atoms. The predicted octanol–water partition coefficient (Wildman–Crippen LogP) is -0.0255.